The van der Waals surface area contributed by atoms with E-state index in [1.54, 1.807) is 0 Å². The molecule has 0 aliphatic carbocycles. The van der Waals surface area contributed by atoms with E-state index in [1.165, 1.54) is 33.5 Å². The third-order valence-corrected chi connectivity index (χ3v) is 2.36. The highest BCUT2D eigenvalue weighted by molar-refractivity contribution is 5.92. The van der Waals surface area contributed by atoms with Crippen LogP contribution in [0.1, 0.15) is 5.56 Å². The van der Waals surface area contributed by atoms with Crippen molar-refractivity contribution in [1.29, 1.82) is 0 Å². The van der Waals surface area contributed by atoms with Gasteiger partial charge in [-0.05, 0) is 12.1 Å². The van der Waals surface area contributed by atoms with E-state index in [4.69, 9.17) is 19.3 Å². The first-order valence-electron chi connectivity index (χ1n) is 5.12. The number of phenolic OH excluding ortho intramolecular Hbond substituents is 1. The molecule has 0 aromatic heterocycles. The number of carboxylic acid groups (broad SMARTS) is 1. The van der Waals surface area contributed by atoms with Crippen molar-refractivity contribution in [2.75, 3.05) is 21.3 Å². The van der Waals surface area contributed by atoms with E-state index < -0.39 is 11.7 Å². The van der Waals surface area contributed by atoms with Crippen molar-refractivity contribution in [3.8, 4) is 17.2 Å². The second-order valence-corrected chi connectivity index (χ2v) is 3.42. The van der Waals surface area contributed by atoms with Crippen molar-refractivity contribution in [1.82, 2.24) is 0 Å². The SMILES string of the molecule is COC(=C(O)C(=O)O)c1cc(OC)c(O)c(OC)c1. The largest absolute Gasteiger partial charge is 0.502 e. The fourth-order valence-corrected chi connectivity index (χ4v) is 1.47. The summed E-state index contributed by atoms with van der Waals surface area (Å²) in [6.45, 7) is 0. The molecule has 1 rings (SSSR count). The van der Waals surface area contributed by atoms with Crippen molar-refractivity contribution >= 4 is 11.7 Å². The fraction of sp³-hybridized carbons (Fsp3) is 0.250. The molecule has 0 atom stereocenters. The number of benzene rings is 1. The molecular weight excluding hydrogens is 256 g/mol. The van der Waals surface area contributed by atoms with Crippen LogP contribution >= 0.6 is 0 Å². The maximum absolute atomic E-state index is 10.7. The number of aliphatic carboxylic acids is 1. The zero-order valence-corrected chi connectivity index (χ0v) is 10.6. The Kier molecular flexibility index (Phi) is 4.46. The van der Waals surface area contributed by atoms with E-state index in [-0.39, 0.29) is 28.6 Å². The average molecular weight is 270 g/mol. The summed E-state index contributed by atoms with van der Waals surface area (Å²) in [6, 6.07) is 2.63. The van der Waals surface area contributed by atoms with Crippen LogP contribution < -0.4 is 9.47 Å². The molecule has 1 aromatic rings. The molecule has 0 amide bonds. The molecule has 0 saturated carbocycles. The summed E-state index contributed by atoms with van der Waals surface area (Å²) in [4.78, 5) is 10.7. The number of carbonyl (C=O) groups is 1. The zero-order valence-electron chi connectivity index (χ0n) is 10.6. The van der Waals surface area contributed by atoms with Gasteiger partial charge in [-0.2, -0.15) is 0 Å². The van der Waals surface area contributed by atoms with E-state index in [0.717, 1.165) is 0 Å². The van der Waals surface area contributed by atoms with Gasteiger partial charge in [0.15, 0.2) is 17.3 Å². The van der Waals surface area contributed by atoms with Crippen molar-refractivity contribution in [3.63, 3.8) is 0 Å². The van der Waals surface area contributed by atoms with Gasteiger partial charge < -0.3 is 29.5 Å². The lowest BCUT2D eigenvalue weighted by Gasteiger charge is -2.13. The Hall–Kier alpha value is -2.57. The van der Waals surface area contributed by atoms with Gasteiger partial charge in [0.05, 0.1) is 21.3 Å². The van der Waals surface area contributed by atoms with E-state index in [1.807, 2.05) is 0 Å². The molecule has 0 fully saturated rings. The van der Waals surface area contributed by atoms with E-state index in [9.17, 15) is 15.0 Å². The number of hydrogen-bond acceptors (Lipinski definition) is 6. The molecule has 19 heavy (non-hydrogen) atoms. The van der Waals surface area contributed by atoms with Gasteiger partial charge >= 0.3 is 5.97 Å². The number of carboxylic acids is 1. The molecule has 0 bridgehead atoms. The second-order valence-electron chi connectivity index (χ2n) is 3.42. The van der Waals surface area contributed by atoms with E-state index in [2.05, 4.69) is 0 Å². The topological polar surface area (TPSA) is 105 Å². The average Bonchev–Trinajstić information content (AvgIpc) is 2.40. The van der Waals surface area contributed by atoms with Crippen molar-refractivity contribution < 1.29 is 34.3 Å². The number of aliphatic hydroxyl groups is 1. The van der Waals surface area contributed by atoms with E-state index >= 15 is 0 Å². The Morgan fingerprint density at radius 3 is 1.84 bits per heavy atom. The third-order valence-electron chi connectivity index (χ3n) is 2.36. The Labute approximate surface area is 109 Å². The Morgan fingerprint density at radius 2 is 1.53 bits per heavy atom. The molecule has 0 saturated heterocycles. The quantitative estimate of drug-likeness (QED) is 0.548. The van der Waals surface area contributed by atoms with Gasteiger partial charge in [0.25, 0.3) is 0 Å². The molecule has 0 spiro atoms. The van der Waals surface area contributed by atoms with Crippen molar-refractivity contribution in [3.05, 3.63) is 23.5 Å². The highest BCUT2D eigenvalue weighted by Gasteiger charge is 2.20. The number of aliphatic hydroxyl groups excluding tert-OH is 1. The number of phenols is 1. The highest BCUT2D eigenvalue weighted by Crippen LogP contribution is 2.39. The maximum atomic E-state index is 10.7. The van der Waals surface area contributed by atoms with Gasteiger partial charge in [0, 0.05) is 5.56 Å². The molecule has 0 aliphatic heterocycles. The minimum atomic E-state index is -1.54. The minimum absolute atomic E-state index is 0.0575. The van der Waals surface area contributed by atoms with Gasteiger partial charge in [-0.1, -0.05) is 0 Å². The summed E-state index contributed by atoms with van der Waals surface area (Å²) >= 11 is 0. The number of ether oxygens (including phenoxy) is 3. The molecule has 7 heteroatoms. The summed E-state index contributed by atoms with van der Waals surface area (Å²) in [7, 11) is 3.86. The third kappa shape index (κ3) is 2.82. The minimum Gasteiger partial charge on any atom is -0.502 e. The van der Waals surface area contributed by atoms with Gasteiger partial charge in [-0.25, -0.2) is 4.79 Å². The summed E-state index contributed by atoms with van der Waals surface area (Å²) < 4.78 is 14.7. The normalized spacial score (nSPS) is 11.5. The smallest absolute Gasteiger partial charge is 0.374 e. The molecule has 3 N–H and O–H groups in total. The van der Waals surface area contributed by atoms with Crippen LogP contribution in [-0.4, -0.2) is 42.6 Å². The lowest BCUT2D eigenvalue weighted by Crippen LogP contribution is -2.05. The molecule has 1 aromatic carbocycles. The molecule has 0 aliphatic rings. The lowest BCUT2D eigenvalue weighted by molar-refractivity contribution is -0.135. The molecular formula is C12H14O7. The van der Waals surface area contributed by atoms with Crippen LogP contribution in [0.15, 0.2) is 17.9 Å². The first-order valence-corrected chi connectivity index (χ1v) is 5.12. The Balaban J connectivity index is 3.50. The van der Waals surface area contributed by atoms with Crippen molar-refractivity contribution in [2.45, 2.75) is 0 Å². The zero-order chi connectivity index (χ0) is 14.6. The van der Waals surface area contributed by atoms with Crippen LogP contribution in [0.25, 0.3) is 5.76 Å². The summed E-state index contributed by atoms with van der Waals surface area (Å²) in [5.41, 5.74) is 0.189. The van der Waals surface area contributed by atoms with E-state index in [0.29, 0.717) is 0 Å². The first-order chi connectivity index (χ1) is 8.96. The standard InChI is InChI=1S/C12H14O7/c1-17-7-4-6(5-8(18-2)9(7)13)11(19-3)10(14)12(15)16/h4-5,13-14H,1-3H3,(H,15,16). The first kappa shape index (κ1) is 14.5. The Bertz CT molecular complexity index is 494. The van der Waals surface area contributed by atoms with Gasteiger partial charge in [-0.15, -0.1) is 0 Å². The Morgan fingerprint density at radius 1 is 1.05 bits per heavy atom. The molecule has 7 nitrogen and oxygen atoms in total. The molecule has 0 radical (unpaired) electrons. The summed E-state index contributed by atoms with van der Waals surface area (Å²) in [5.74, 6) is -2.90. The van der Waals surface area contributed by atoms with Gasteiger partial charge in [0.2, 0.25) is 11.5 Å². The van der Waals surface area contributed by atoms with Gasteiger partial charge in [-0.3, -0.25) is 0 Å². The second kappa shape index (κ2) is 5.85. The molecule has 0 heterocycles. The van der Waals surface area contributed by atoms with Crippen LogP contribution in [0.2, 0.25) is 0 Å². The predicted molar refractivity (Wildman–Crippen MR) is 65.4 cm³/mol. The number of methoxy groups -OCH3 is 3. The number of hydrogen-bond donors (Lipinski definition) is 3. The van der Waals surface area contributed by atoms with Gasteiger partial charge in [0.1, 0.15) is 0 Å². The van der Waals surface area contributed by atoms with Crippen LogP contribution in [0.5, 0.6) is 17.2 Å². The van der Waals surface area contributed by atoms with Crippen molar-refractivity contribution in [2.24, 2.45) is 0 Å². The van der Waals surface area contributed by atoms with Crippen LogP contribution in [0.4, 0.5) is 0 Å². The van der Waals surface area contributed by atoms with Crippen LogP contribution in [0.3, 0.4) is 0 Å². The fourth-order valence-electron chi connectivity index (χ4n) is 1.47. The lowest BCUT2D eigenvalue weighted by atomic mass is 10.1. The maximum Gasteiger partial charge on any atom is 0.374 e. The number of rotatable bonds is 5. The highest BCUT2D eigenvalue weighted by atomic mass is 16.5. The monoisotopic (exact) mass is 270 g/mol. The van der Waals surface area contributed by atoms with Crippen LogP contribution in [-0.2, 0) is 9.53 Å². The molecule has 104 valence electrons. The molecule has 0 unspecified atom stereocenters. The summed E-state index contributed by atoms with van der Waals surface area (Å²) in [6.07, 6.45) is 0. The number of aromatic hydroxyl groups is 1. The predicted octanol–water partition coefficient (Wildman–Crippen LogP) is 1.37. The summed E-state index contributed by atoms with van der Waals surface area (Å²) in [5, 5.41) is 27.9. The van der Waals surface area contributed by atoms with Crippen LogP contribution in [0, 0.1) is 0 Å².